The molecule has 0 bridgehead atoms. The molecule has 1 aliphatic heterocycles. The highest BCUT2D eigenvalue weighted by Crippen LogP contribution is 2.26. The number of ether oxygens (including phenoxy) is 1. The number of piperidine rings is 1. The van der Waals surface area contributed by atoms with E-state index in [-0.39, 0.29) is 18.6 Å². The molecule has 0 spiro atoms. The summed E-state index contributed by atoms with van der Waals surface area (Å²) in [7, 11) is 0. The largest absolute Gasteiger partial charge is 0.436 e. The number of hydrogen-bond acceptors (Lipinski definition) is 6. The van der Waals surface area contributed by atoms with Gasteiger partial charge in [-0.1, -0.05) is 0 Å². The van der Waals surface area contributed by atoms with Crippen molar-refractivity contribution in [1.29, 1.82) is 5.26 Å². The van der Waals surface area contributed by atoms with Crippen molar-refractivity contribution in [2.24, 2.45) is 0 Å². The van der Waals surface area contributed by atoms with E-state index in [0.717, 1.165) is 31.5 Å². The van der Waals surface area contributed by atoms with E-state index in [1.165, 1.54) is 0 Å². The molecule has 0 unspecified atom stereocenters. The van der Waals surface area contributed by atoms with Crippen LogP contribution in [0.1, 0.15) is 18.4 Å². The summed E-state index contributed by atoms with van der Waals surface area (Å²) in [4.78, 5) is 16.5. The fraction of sp³-hybridized carbons (Fsp3) is 0.286. The highest BCUT2D eigenvalue weighted by Gasteiger charge is 2.15. The van der Waals surface area contributed by atoms with Gasteiger partial charge in [-0.05, 0) is 68.4 Å². The normalized spacial score (nSPS) is 14.7. The second-order valence-electron chi connectivity index (χ2n) is 6.70. The Morgan fingerprint density at radius 3 is 2.79 bits per heavy atom. The lowest BCUT2D eigenvalue weighted by Crippen LogP contribution is -2.34. The first-order valence-electron chi connectivity index (χ1n) is 9.24. The number of nitrogens with one attached hydrogen (secondary N) is 2. The van der Waals surface area contributed by atoms with Crippen LogP contribution in [0.15, 0.2) is 46.9 Å². The van der Waals surface area contributed by atoms with Crippen LogP contribution in [0.3, 0.4) is 0 Å². The average Bonchev–Trinajstić information content (AvgIpc) is 3.17. The van der Waals surface area contributed by atoms with Gasteiger partial charge in [0.15, 0.2) is 5.58 Å². The number of nitriles is 1. The van der Waals surface area contributed by atoms with E-state index < -0.39 is 0 Å². The molecule has 4 rings (SSSR count). The molecule has 2 N–H and O–H groups in total. The minimum absolute atomic E-state index is 0.0543. The smallest absolute Gasteiger partial charge is 0.250 e. The molecule has 1 saturated heterocycles. The first-order valence-corrected chi connectivity index (χ1v) is 9.24. The number of carbonyl (C=O) groups excluding carboxylic acids is 1. The topological polar surface area (TPSA) is 100 Å². The van der Waals surface area contributed by atoms with E-state index >= 15 is 0 Å². The molecule has 28 heavy (non-hydrogen) atoms. The molecule has 0 aliphatic carbocycles. The van der Waals surface area contributed by atoms with E-state index in [2.05, 4.69) is 21.7 Å². The van der Waals surface area contributed by atoms with Crippen molar-refractivity contribution in [2.45, 2.75) is 18.9 Å². The summed E-state index contributed by atoms with van der Waals surface area (Å²) >= 11 is 0. The zero-order valence-electron chi connectivity index (χ0n) is 15.3. The van der Waals surface area contributed by atoms with Crippen molar-refractivity contribution in [3.63, 3.8) is 0 Å². The fourth-order valence-electron chi connectivity index (χ4n) is 3.17. The lowest BCUT2D eigenvalue weighted by Gasteiger charge is -2.22. The van der Waals surface area contributed by atoms with Gasteiger partial charge >= 0.3 is 0 Å². The molecule has 0 saturated carbocycles. The number of amides is 1. The number of anilines is 1. The molecule has 1 fully saturated rings. The molecule has 1 amide bonds. The third-order valence-corrected chi connectivity index (χ3v) is 4.67. The number of oxazole rings is 1. The van der Waals surface area contributed by atoms with Gasteiger partial charge in [0.05, 0.1) is 17.7 Å². The molecule has 7 heteroatoms. The Labute approximate surface area is 162 Å². The molecule has 3 aromatic rings. The summed E-state index contributed by atoms with van der Waals surface area (Å²) in [5.41, 5.74) is 3.28. The summed E-state index contributed by atoms with van der Waals surface area (Å²) < 4.78 is 11.4. The van der Waals surface area contributed by atoms with Gasteiger partial charge < -0.3 is 19.8 Å². The lowest BCUT2D eigenvalue weighted by atomic mass is 10.1. The number of hydrogen-bond donors (Lipinski definition) is 2. The van der Waals surface area contributed by atoms with Crippen LogP contribution in [0.5, 0.6) is 0 Å². The van der Waals surface area contributed by atoms with Crippen molar-refractivity contribution < 1.29 is 13.9 Å². The monoisotopic (exact) mass is 376 g/mol. The molecule has 1 aromatic heterocycles. The van der Waals surface area contributed by atoms with Crippen LogP contribution in [0.4, 0.5) is 5.69 Å². The first-order chi connectivity index (χ1) is 13.7. The Morgan fingerprint density at radius 2 is 2.04 bits per heavy atom. The van der Waals surface area contributed by atoms with E-state index in [1.54, 1.807) is 30.3 Å². The van der Waals surface area contributed by atoms with Gasteiger partial charge in [-0.2, -0.15) is 5.26 Å². The number of fused-ring (bicyclic) bond motifs is 1. The number of benzene rings is 2. The second-order valence-corrected chi connectivity index (χ2v) is 6.70. The van der Waals surface area contributed by atoms with Crippen LogP contribution in [0, 0.1) is 11.3 Å². The first kappa shape index (κ1) is 18.2. The highest BCUT2D eigenvalue weighted by atomic mass is 16.5. The van der Waals surface area contributed by atoms with E-state index in [4.69, 9.17) is 14.4 Å². The molecule has 1 aliphatic rings. The molecule has 0 radical (unpaired) electrons. The van der Waals surface area contributed by atoms with Gasteiger partial charge in [-0.15, -0.1) is 0 Å². The molecular formula is C21H20N4O3. The quantitative estimate of drug-likeness (QED) is 0.710. The van der Waals surface area contributed by atoms with Crippen molar-refractivity contribution in [2.75, 3.05) is 25.0 Å². The van der Waals surface area contributed by atoms with E-state index in [1.807, 2.05) is 12.1 Å². The molecule has 0 atom stereocenters. The zero-order valence-corrected chi connectivity index (χ0v) is 15.3. The summed E-state index contributed by atoms with van der Waals surface area (Å²) in [6.45, 7) is 1.92. The maximum atomic E-state index is 12.1. The van der Waals surface area contributed by atoms with Gasteiger partial charge in [0.2, 0.25) is 11.8 Å². The van der Waals surface area contributed by atoms with Crippen LogP contribution in [0.2, 0.25) is 0 Å². The fourth-order valence-corrected chi connectivity index (χ4v) is 3.17. The Bertz CT molecular complexity index is 1010. The van der Waals surface area contributed by atoms with Gasteiger partial charge in [0, 0.05) is 11.3 Å². The molecule has 7 nitrogen and oxygen atoms in total. The third kappa shape index (κ3) is 4.19. The lowest BCUT2D eigenvalue weighted by molar-refractivity contribution is -0.123. The summed E-state index contributed by atoms with van der Waals surface area (Å²) in [6.07, 6.45) is 2.01. The van der Waals surface area contributed by atoms with Crippen molar-refractivity contribution >= 4 is 22.7 Å². The van der Waals surface area contributed by atoms with E-state index in [9.17, 15) is 4.79 Å². The maximum absolute atomic E-state index is 12.1. The SMILES string of the molecule is N#Cc1ccc2oc(-c3ccc(NC(=O)COC4CCNCC4)cc3)nc2c1. The average molecular weight is 376 g/mol. The van der Waals surface area contributed by atoms with Crippen molar-refractivity contribution in [1.82, 2.24) is 10.3 Å². The Morgan fingerprint density at radius 1 is 1.25 bits per heavy atom. The highest BCUT2D eigenvalue weighted by molar-refractivity contribution is 5.92. The van der Waals surface area contributed by atoms with Gasteiger partial charge in [0.1, 0.15) is 12.1 Å². The summed E-state index contributed by atoms with van der Waals surface area (Å²) in [6, 6.07) is 14.5. The predicted molar refractivity (Wildman–Crippen MR) is 105 cm³/mol. The second kappa shape index (κ2) is 8.21. The summed E-state index contributed by atoms with van der Waals surface area (Å²) in [5.74, 6) is 0.300. The van der Waals surface area contributed by atoms with Gasteiger partial charge in [-0.3, -0.25) is 4.79 Å². The Balaban J connectivity index is 1.38. The number of aromatic nitrogens is 1. The van der Waals surface area contributed by atoms with Gasteiger partial charge in [0.25, 0.3) is 0 Å². The van der Waals surface area contributed by atoms with Crippen LogP contribution in [-0.2, 0) is 9.53 Å². The third-order valence-electron chi connectivity index (χ3n) is 4.67. The predicted octanol–water partition coefficient (Wildman–Crippen LogP) is 3.07. The number of nitrogens with zero attached hydrogens (tertiary/aromatic N) is 2. The number of carbonyl (C=O) groups is 1. The standard InChI is InChI=1S/C21H20N4O3/c22-12-14-1-6-19-18(11-14)25-21(28-19)15-2-4-16(5-3-15)24-20(26)13-27-17-7-9-23-10-8-17/h1-6,11,17,23H,7-10,13H2,(H,24,26). The van der Waals surface area contributed by atoms with Gasteiger partial charge in [-0.25, -0.2) is 4.98 Å². The molecule has 2 heterocycles. The molecule has 2 aromatic carbocycles. The van der Waals surface area contributed by atoms with Crippen LogP contribution >= 0.6 is 0 Å². The maximum Gasteiger partial charge on any atom is 0.250 e. The molecule has 142 valence electrons. The van der Waals surface area contributed by atoms with Crippen LogP contribution in [-0.4, -0.2) is 36.7 Å². The van der Waals surface area contributed by atoms with Crippen molar-refractivity contribution in [3.05, 3.63) is 48.0 Å². The van der Waals surface area contributed by atoms with Crippen molar-refractivity contribution in [3.8, 4) is 17.5 Å². The minimum Gasteiger partial charge on any atom is -0.436 e. The Hall–Kier alpha value is -3.21. The minimum atomic E-state index is -0.169. The van der Waals surface area contributed by atoms with Crippen LogP contribution < -0.4 is 10.6 Å². The Kier molecular flexibility index (Phi) is 5.33. The van der Waals surface area contributed by atoms with Crippen LogP contribution in [0.25, 0.3) is 22.6 Å². The zero-order chi connectivity index (χ0) is 19.3. The summed E-state index contributed by atoms with van der Waals surface area (Å²) in [5, 5.41) is 15.1. The van der Waals surface area contributed by atoms with E-state index in [0.29, 0.717) is 28.2 Å². The number of rotatable bonds is 5. The molecular weight excluding hydrogens is 356 g/mol.